The number of thiophene rings is 1. The maximum absolute atomic E-state index is 6.01. The molecule has 1 aliphatic carbocycles. The highest BCUT2D eigenvalue weighted by molar-refractivity contribution is 7.16. The highest BCUT2D eigenvalue weighted by Gasteiger charge is 2.21. The average Bonchev–Trinajstić information content (AvgIpc) is 2.47. The minimum absolute atomic E-state index is 0.553. The van der Waals surface area contributed by atoms with Gasteiger partial charge in [-0.25, -0.2) is 0 Å². The largest absolute Gasteiger partial charge is 0.310 e. The standard InChI is InChI=1S/C10H14ClNS/c1-2-12-8-4-3-5-9-7(8)6-10(11)13-9/h6,8,12H,2-5H2,1H3. The lowest BCUT2D eigenvalue weighted by Crippen LogP contribution is -2.23. The molecule has 0 aliphatic heterocycles. The Hall–Kier alpha value is -0.0500. The summed E-state index contributed by atoms with van der Waals surface area (Å²) in [6.07, 6.45) is 3.77. The zero-order valence-electron chi connectivity index (χ0n) is 7.77. The number of hydrogen-bond acceptors (Lipinski definition) is 2. The van der Waals surface area contributed by atoms with Gasteiger partial charge in [0.2, 0.25) is 0 Å². The molecule has 0 aromatic carbocycles. The number of halogens is 1. The van der Waals surface area contributed by atoms with Gasteiger partial charge in [-0.3, -0.25) is 0 Å². The van der Waals surface area contributed by atoms with Gasteiger partial charge in [-0.15, -0.1) is 11.3 Å². The van der Waals surface area contributed by atoms with Crippen molar-refractivity contribution in [2.45, 2.75) is 32.2 Å². The van der Waals surface area contributed by atoms with Crippen LogP contribution < -0.4 is 5.32 Å². The van der Waals surface area contributed by atoms with Crippen LogP contribution in [0.4, 0.5) is 0 Å². The van der Waals surface area contributed by atoms with Gasteiger partial charge in [0.1, 0.15) is 0 Å². The summed E-state index contributed by atoms with van der Waals surface area (Å²) in [5, 5.41) is 3.50. The lowest BCUT2D eigenvalue weighted by atomic mass is 9.94. The molecule has 1 aromatic rings. The third kappa shape index (κ3) is 1.90. The number of rotatable bonds is 2. The molecular formula is C10H14ClNS. The Morgan fingerprint density at radius 3 is 3.31 bits per heavy atom. The van der Waals surface area contributed by atoms with Crippen molar-refractivity contribution in [1.82, 2.24) is 5.32 Å². The highest BCUT2D eigenvalue weighted by atomic mass is 35.5. The molecular weight excluding hydrogens is 202 g/mol. The van der Waals surface area contributed by atoms with Gasteiger partial charge in [0.15, 0.2) is 0 Å². The van der Waals surface area contributed by atoms with Crippen molar-refractivity contribution in [3.05, 3.63) is 20.8 Å². The number of hydrogen-bond donors (Lipinski definition) is 1. The molecule has 1 nitrogen and oxygen atoms in total. The zero-order chi connectivity index (χ0) is 9.26. The molecule has 1 N–H and O–H groups in total. The van der Waals surface area contributed by atoms with Crippen LogP contribution in [-0.2, 0) is 6.42 Å². The number of aryl methyl sites for hydroxylation is 1. The number of nitrogens with one attached hydrogen (secondary N) is 1. The van der Waals surface area contributed by atoms with Crippen LogP contribution in [0, 0.1) is 0 Å². The van der Waals surface area contributed by atoms with Crippen LogP contribution in [0.5, 0.6) is 0 Å². The highest BCUT2D eigenvalue weighted by Crippen LogP contribution is 2.37. The van der Waals surface area contributed by atoms with Crippen molar-refractivity contribution >= 4 is 22.9 Å². The van der Waals surface area contributed by atoms with Crippen LogP contribution in [0.15, 0.2) is 6.07 Å². The molecule has 1 aromatic heterocycles. The van der Waals surface area contributed by atoms with Crippen LogP contribution in [0.2, 0.25) is 4.34 Å². The smallest absolute Gasteiger partial charge is 0.0934 e. The minimum atomic E-state index is 0.553. The molecule has 2 rings (SSSR count). The molecule has 0 fully saturated rings. The second kappa shape index (κ2) is 3.99. The van der Waals surface area contributed by atoms with E-state index in [0.717, 1.165) is 10.9 Å². The Morgan fingerprint density at radius 1 is 1.69 bits per heavy atom. The van der Waals surface area contributed by atoms with Gasteiger partial charge < -0.3 is 5.32 Å². The maximum Gasteiger partial charge on any atom is 0.0934 e. The predicted octanol–water partition coefficient (Wildman–Crippen LogP) is 3.39. The van der Waals surface area contributed by atoms with E-state index in [9.17, 15) is 0 Å². The van der Waals surface area contributed by atoms with Gasteiger partial charge >= 0.3 is 0 Å². The van der Waals surface area contributed by atoms with Crippen molar-refractivity contribution in [2.75, 3.05) is 6.54 Å². The first-order chi connectivity index (χ1) is 6.31. The quantitative estimate of drug-likeness (QED) is 0.798. The topological polar surface area (TPSA) is 12.0 Å². The van der Waals surface area contributed by atoms with Gasteiger partial charge in [0.05, 0.1) is 4.34 Å². The van der Waals surface area contributed by atoms with Crippen LogP contribution in [0.25, 0.3) is 0 Å². The van der Waals surface area contributed by atoms with E-state index in [2.05, 4.69) is 18.3 Å². The molecule has 72 valence electrons. The second-order valence-corrected chi connectivity index (χ2v) is 5.20. The first-order valence-corrected chi connectivity index (χ1v) is 6.02. The van der Waals surface area contributed by atoms with Crippen molar-refractivity contribution < 1.29 is 0 Å². The Kier molecular flexibility index (Phi) is 2.92. The second-order valence-electron chi connectivity index (χ2n) is 3.43. The monoisotopic (exact) mass is 215 g/mol. The van der Waals surface area contributed by atoms with Crippen molar-refractivity contribution in [2.24, 2.45) is 0 Å². The predicted molar refractivity (Wildman–Crippen MR) is 58.7 cm³/mol. The first kappa shape index (κ1) is 9.50. The van der Waals surface area contributed by atoms with Crippen LogP contribution in [0.1, 0.15) is 36.2 Å². The molecule has 0 amide bonds. The van der Waals surface area contributed by atoms with E-state index < -0.39 is 0 Å². The van der Waals surface area contributed by atoms with E-state index in [1.807, 2.05) is 0 Å². The first-order valence-electron chi connectivity index (χ1n) is 4.82. The van der Waals surface area contributed by atoms with E-state index >= 15 is 0 Å². The third-order valence-electron chi connectivity index (χ3n) is 2.53. The van der Waals surface area contributed by atoms with E-state index in [-0.39, 0.29) is 0 Å². The summed E-state index contributed by atoms with van der Waals surface area (Å²) in [6, 6.07) is 2.69. The van der Waals surface area contributed by atoms with Gasteiger partial charge in [-0.05, 0) is 37.4 Å². The molecule has 0 spiro atoms. The third-order valence-corrected chi connectivity index (χ3v) is 3.87. The van der Waals surface area contributed by atoms with Crippen LogP contribution >= 0.6 is 22.9 Å². The zero-order valence-corrected chi connectivity index (χ0v) is 9.34. The molecule has 0 saturated carbocycles. The van der Waals surface area contributed by atoms with E-state index in [4.69, 9.17) is 11.6 Å². The molecule has 0 bridgehead atoms. The summed E-state index contributed by atoms with van der Waals surface area (Å²) in [6.45, 7) is 3.19. The van der Waals surface area contributed by atoms with E-state index in [0.29, 0.717) is 6.04 Å². The summed E-state index contributed by atoms with van der Waals surface area (Å²) in [4.78, 5) is 1.49. The molecule has 0 radical (unpaired) electrons. The Bertz CT molecular complexity index is 295. The lowest BCUT2D eigenvalue weighted by Gasteiger charge is -2.22. The van der Waals surface area contributed by atoms with Gasteiger partial charge in [0.25, 0.3) is 0 Å². The summed E-state index contributed by atoms with van der Waals surface area (Å²) < 4.78 is 0.940. The van der Waals surface area contributed by atoms with Gasteiger partial charge in [-0.1, -0.05) is 18.5 Å². The normalized spacial score (nSPS) is 21.5. The summed E-state index contributed by atoms with van der Waals surface area (Å²) >= 11 is 7.75. The minimum Gasteiger partial charge on any atom is -0.310 e. The summed E-state index contributed by atoms with van der Waals surface area (Å²) in [5.74, 6) is 0. The van der Waals surface area contributed by atoms with Crippen molar-refractivity contribution in [1.29, 1.82) is 0 Å². The van der Waals surface area contributed by atoms with Crippen LogP contribution in [0.3, 0.4) is 0 Å². The maximum atomic E-state index is 6.01. The summed E-state index contributed by atoms with van der Waals surface area (Å²) in [5.41, 5.74) is 1.45. The fourth-order valence-electron chi connectivity index (χ4n) is 1.98. The fraction of sp³-hybridized carbons (Fsp3) is 0.600. The molecule has 0 saturated heterocycles. The number of fused-ring (bicyclic) bond motifs is 1. The van der Waals surface area contributed by atoms with Crippen LogP contribution in [-0.4, -0.2) is 6.54 Å². The molecule has 1 heterocycles. The average molecular weight is 216 g/mol. The van der Waals surface area contributed by atoms with Crippen molar-refractivity contribution in [3.8, 4) is 0 Å². The SMILES string of the molecule is CCNC1CCCc2sc(Cl)cc21. The molecule has 3 heteroatoms. The van der Waals surface area contributed by atoms with Gasteiger partial charge in [-0.2, -0.15) is 0 Å². The molecule has 13 heavy (non-hydrogen) atoms. The summed E-state index contributed by atoms with van der Waals surface area (Å²) in [7, 11) is 0. The molecule has 1 unspecified atom stereocenters. The Morgan fingerprint density at radius 2 is 2.54 bits per heavy atom. The Balaban J connectivity index is 2.25. The van der Waals surface area contributed by atoms with E-state index in [1.165, 1.54) is 29.7 Å². The Labute approximate surface area is 88.1 Å². The van der Waals surface area contributed by atoms with Gasteiger partial charge in [0, 0.05) is 10.9 Å². The molecule has 1 atom stereocenters. The molecule has 1 aliphatic rings. The van der Waals surface area contributed by atoms with E-state index in [1.54, 1.807) is 11.3 Å². The van der Waals surface area contributed by atoms with Crippen molar-refractivity contribution in [3.63, 3.8) is 0 Å². The lowest BCUT2D eigenvalue weighted by molar-refractivity contribution is 0.476. The fourth-order valence-corrected chi connectivity index (χ4v) is 3.36.